The van der Waals surface area contributed by atoms with Crippen LogP contribution in [0.5, 0.6) is 5.75 Å². The van der Waals surface area contributed by atoms with E-state index in [2.05, 4.69) is 4.72 Å². The van der Waals surface area contributed by atoms with E-state index in [1.807, 2.05) is 38.3 Å². The minimum absolute atomic E-state index is 0.0327. The van der Waals surface area contributed by atoms with Gasteiger partial charge < -0.3 is 4.74 Å². The molecule has 0 amide bonds. The highest BCUT2D eigenvalue weighted by Crippen LogP contribution is 2.36. The molecule has 0 fully saturated rings. The number of sulfone groups is 1. The summed E-state index contributed by atoms with van der Waals surface area (Å²) >= 11 is 1.51. The minimum Gasteiger partial charge on any atom is -0.493 e. The van der Waals surface area contributed by atoms with E-state index in [0.717, 1.165) is 4.88 Å². The fourth-order valence-corrected chi connectivity index (χ4v) is 5.63. The lowest BCUT2D eigenvalue weighted by Crippen LogP contribution is -2.36. The summed E-state index contributed by atoms with van der Waals surface area (Å²) < 4.78 is 56.9. The summed E-state index contributed by atoms with van der Waals surface area (Å²) in [5.41, 5.74) is -0.300. The van der Waals surface area contributed by atoms with E-state index in [-0.39, 0.29) is 34.5 Å². The summed E-state index contributed by atoms with van der Waals surface area (Å²) in [5, 5.41) is 1.92. The Morgan fingerprint density at radius 2 is 1.71 bits per heavy atom. The van der Waals surface area contributed by atoms with Crippen LogP contribution >= 0.6 is 11.3 Å². The Labute approximate surface area is 171 Å². The summed E-state index contributed by atoms with van der Waals surface area (Å²) in [4.78, 5) is 1.08. The summed E-state index contributed by atoms with van der Waals surface area (Å²) in [6.07, 6.45) is 0. The molecule has 0 aliphatic heterocycles. The molecule has 0 saturated carbocycles. The van der Waals surface area contributed by atoms with Crippen molar-refractivity contribution in [2.75, 3.05) is 18.1 Å². The molecule has 28 heavy (non-hydrogen) atoms. The summed E-state index contributed by atoms with van der Waals surface area (Å²) in [7, 11) is -6.83. The minimum atomic E-state index is -3.73. The molecule has 0 bridgehead atoms. The van der Waals surface area contributed by atoms with Gasteiger partial charge in [0.2, 0.25) is 10.0 Å². The standard InChI is InChI=1S/C19H27NO5S3/c1-5-27(21,22)14-12-25-15-8-10-16(11-9-15)28(23,24)20-18(19(2,3)4)17-7-6-13-26-17/h6-11,13,18,20H,5,12,14H2,1-4H3. The molecule has 0 aliphatic carbocycles. The molecule has 1 N–H and O–H groups in total. The largest absolute Gasteiger partial charge is 0.493 e. The van der Waals surface area contributed by atoms with Gasteiger partial charge in [0, 0.05) is 10.6 Å². The third-order valence-electron chi connectivity index (χ3n) is 4.20. The molecule has 1 aromatic carbocycles. The molecule has 2 rings (SSSR count). The van der Waals surface area contributed by atoms with E-state index in [1.54, 1.807) is 6.92 Å². The third-order valence-corrected chi connectivity index (χ3v) is 8.25. The first-order valence-electron chi connectivity index (χ1n) is 8.93. The van der Waals surface area contributed by atoms with Crippen LogP contribution < -0.4 is 9.46 Å². The quantitative estimate of drug-likeness (QED) is 0.637. The van der Waals surface area contributed by atoms with E-state index in [4.69, 9.17) is 4.74 Å². The van der Waals surface area contributed by atoms with Crippen LogP contribution in [0.2, 0.25) is 0 Å². The van der Waals surface area contributed by atoms with E-state index in [0.29, 0.717) is 5.75 Å². The Hall–Kier alpha value is -1.42. The highest BCUT2D eigenvalue weighted by molar-refractivity contribution is 7.91. The van der Waals surface area contributed by atoms with Crippen LogP contribution in [0.25, 0.3) is 0 Å². The lowest BCUT2D eigenvalue weighted by Gasteiger charge is -2.30. The number of hydrogen-bond acceptors (Lipinski definition) is 6. The van der Waals surface area contributed by atoms with E-state index in [1.165, 1.54) is 35.6 Å². The second-order valence-electron chi connectivity index (χ2n) is 7.49. The van der Waals surface area contributed by atoms with Gasteiger partial charge in [-0.25, -0.2) is 21.6 Å². The molecule has 1 atom stereocenters. The SMILES string of the molecule is CCS(=O)(=O)CCOc1ccc(S(=O)(=O)NC(c2cccs2)C(C)(C)C)cc1. The molecule has 2 aromatic rings. The fourth-order valence-electron chi connectivity index (χ4n) is 2.49. The molecule has 0 aliphatic rings. The molecular weight excluding hydrogens is 418 g/mol. The number of nitrogens with one attached hydrogen (secondary N) is 1. The van der Waals surface area contributed by atoms with Crippen molar-refractivity contribution < 1.29 is 21.6 Å². The molecule has 0 spiro atoms. The third kappa shape index (κ3) is 6.30. The van der Waals surface area contributed by atoms with Crippen molar-refractivity contribution in [3.63, 3.8) is 0 Å². The predicted octanol–water partition coefficient (Wildman–Crippen LogP) is 3.63. The summed E-state index contributed by atoms with van der Waals surface area (Å²) in [6.45, 7) is 7.58. The maximum Gasteiger partial charge on any atom is 0.241 e. The zero-order valence-corrected chi connectivity index (χ0v) is 19.0. The van der Waals surface area contributed by atoms with Gasteiger partial charge in [0.05, 0.1) is 16.7 Å². The average molecular weight is 446 g/mol. The van der Waals surface area contributed by atoms with Crippen molar-refractivity contribution in [1.82, 2.24) is 4.72 Å². The van der Waals surface area contributed by atoms with Crippen LogP contribution in [0.3, 0.4) is 0 Å². The average Bonchev–Trinajstić information content (AvgIpc) is 3.13. The van der Waals surface area contributed by atoms with Gasteiger partial charge in [0.1, 0.15) is 12.4 Å². The molecule has 6 nitrogen and oxygen atoms in total. The van der Waals surface area contributed by atoms with Crippen LogP contribution in [-0.4, -0.2) is 34.9 Å². The monoisotopic (exact) mass is 445 g/mol. The van der Waals surface area contributed by atoms with Gasteiger partial charge >= 0.3 is 0 Å². The van der Waals surface area contributed by atoms with E-state index in [9.17, 15) is 16.8 Å². The molecule has 1 unspecified atom stereocenters. The predicted molar refractivity (Wildman–Crippen MR) is 113 cm³/mol. The van der Waals surface area contributed by atoms with Crippen LogP contribution in [0.4, 0.5) is 0 Å². The van der Waals surface area contributed by atoms with Crippen molar-refractivity contribution in [2.24, 2.45) is 5.41 Å². The Balaban J connectivity index is 2.11. The number of ether oxygens (including phenoxy) is 1. The summed E-state index contributed by atoms with van der Waals surface area (Å²) in [6, 6.07) is 9.45. The smallest absolute Gasteiger partial charge is 0.241 e. The lowest BCUT2D eigenvalue weighted by atomic mass is 9.86. The lowest BCUT2D eigenvalue weighted by molar-refractivity contribution is 0.308. The first kappa shape index (κ1) is 22.9. The van der Waals surface area contributed by atoms with Gasteiger partial charge in [-0.2, -0.15) is 0 Å². The highest BCUT2D eigenvalue weighted by Gasteiger charge is 2.31. The van der Waals surface area contributed by atoms with Gasteiger partial charge in [-0.05, 0) is 41.1 Å². The van der Waals surface area contributed by atoms with Gasteiger partial charge in [-0.3, -0.25) is 0 Å². The second-order valence-corrected chi connectivity index (χ2v) is 12.7. The fraction of sp³-hybridized carbons (Fsp3) is 0.474. The van der Waals surface area contributed by atoms with Crippen molar-refractivity contribution in [3.8, 4) is 5.75 Å². The topological polar surface area (TPSA) is 89.5 Å². The highest BCUT2D eigenvalue weighted by atomic mass is 32.2. The van der Waals surface area contributed by atoms with E-state index >= 15 is 0 Å². The Morgan fingerprint density at radius 1 is 1.07 bits per heavy atom. The Morgan fingerprint density at radius 3 is 2.21 bits per heavy atom. The molecule has 0 radical (unpaired) electrons. The Bertz CT molecular complexity index is 958. The van der Waals surface area contributed by atoms with Crippen molar-refractivity contribution >= 4 is 31.2 Å². The summed E-state index contributed by atoms with van der Waals surface area (Å²) in [5.74, 6) is 0.424. The second kappa shape index (κ2) is 8.94. The first-order valence-corrected chi connectivity index (χ1v) is 13.1. The molecule has 0 saturated heterocycles. The Kier molecular flexibility index (Phi) is 7.30. The van der Waals surface area contributed by atoms with Gasteiger partial charge in [-0.1, -0.05) is 33.8 Å². The van der Waals surface area contributed by atoms with Crippen molar-refractivity contribution in [1.29, 1.82) is 0 Å². The van der Waals surface area contributed by atoms with Crippen molar-refractivity contribution in [3.05, 3.63) is 46.7 Å². The van der Waals surface area contributed by atoms with Crippen LogP contribution in [0.1, 0.15) is 38.6 Å². The van der Waals surface area contributed by atoms with Crippen molar-refractivity contribution in [2.45, 2.75) is 38.6 Å². The number of benzene rings is 1. The number of rotatable bonds is 9. The molecule has 1 aromatic heterocycles. The van der Waals surface area contributed by atoms with Gasteiger partial charge in [-0.15, -0.1) is 11.3 Å². The normalized spacial score (nSPS) is 14.0. The maximum absolute atomic E-state index is 12.9. The zero-order chi connectivity index (χ0) is 21.0. The van der Waals surface area contributed by atoms with E-state index < -0.39 is 19.9 Å². The number of sulfonamides is 1. The maximum atomic E-state index is 12.9. The number of hydrogen-bond donors (Lipinski definition) is 1. The van der Waals surface area contributed by atoms with Crippen LogP contribution in [0.15, 0.2) is 46.7 Å². The first-order chi connectivity index (χ1) is 12.9. The molecule has 1 heterocycles. The molecule has 156 valence electrons. The van der Waals surface area contributed by atoms with Gasteiger partial charge in [0.25, 0.3) is 0 Å². The molecular formula is C19H27NO5S3. The van der Waals surface area contributed by atoms with Crippen LogP contribution in [0, 0.1) is 5.41 Å². The number of thiophene rings is 1. The zero-order valence-electron chi connectivity index (χ0n) is 16.5. The van der Waals surface area contributed by atoms with Gasteiger partial charge in [0.15, 0.2) is 9.84 Å². The van der Waals surface area contributed by atoms with Crippen LogP contribution in [-0.2, 0) is 19.9 Å². The molecule has 9 heteroatoms.